The second-order valence-electron chi connectivity index (χ2n) is 4.31. The number of hydrogen-bond donors (Lipinski definition) is 1. The molecular formula is C16H12F3NO. The number of hydrogen-bond acceptors (Lipinski definition) is 1. The first-order valence-corrected chi connectivity index (χ1v) is 6.16. The van der Waals surface area contributed by atoms with E-state index < -0.39 is 17.6 Å². The maximum Gasteiger partial charge on any atom is 0.416 e. The summed E-state index contributed by atoms with van der Waals surface area (Å²) in [7, 11) is 0. The molecule has 2 nitrogen and oxygen atoms in total. The van der Waals surface area contributed by atoms with Crippen LogP contribution in [0.25, 0.3) is 6.08 Å². The number of halogens is 3. The minimum Gasteiger partial charge on any atom is -0.322 e. The minimum absolute atomic E-state index is 0.104. The fourth-order valence-corrected chi connectivity index (χ4v) is 1.69. The van der Waals surface area contributed by atoms with Gasteiger partial charge in [-0.3, -0.25) is 4.79 Å². The summed E-state index contributed by atoms with van der Waals surface area (Å²) in [4.78, 5) is 11.7. The molecule has 5 heteroatoms. The highest BCUT2D eigenvalue weighted by Crippen LogP contribution is 2.30. The number of amides is 1. The predicted molar refractivity (Wildman–Crippen MR) is 75.5 cm³/mol. The van der Waals surface area contributed by atoms with E-state index in [-0.39, 0.29) is 5.69 Å². The zero-order chi connectivity index (χ0) is 15.3. The Bertz CT molecular complexity index is 648. The van der Waals surface area contributed by atoms with E-state index in [1.165, 1.54) is 18.2 Å². The largest absolute Gasteiger partial charge is 0.416 e. The van der Waals surface area contributed by atoms with E-state index >= 15 is 0 Å². The summed E-state index contributed by atoms with van der Waals surface area (Å²) in [5.74, 6) is -0.488. The molecule has 0 heterocycles. The number of anilines is 1. The van der Waals surface area contributed by atoms with Gasteiger partial charge in [0, 0.05) is 11.8 Å². The highest BCUT2D eigenvalue weighted by atomic mass is 19.4. The van der Waals surface area contributed by atoms with Crippen molar-refractivity contribution in [3.05, 3.63) is 71.8 Å². The number of carbonyl (C=O) groups excluding carboxylic acids is 1. The second kappa shape index (κ2) is 6.26. The summed E-state index contributed by atoms with van der Waals surface area (Å²) in [6.45, 7) is 0. The Labute approximate surface area is 119 Å². The normalized spacial score (nSPS) is 11.6. The summed E-state index contributed by atoms with van der Waals surface area (Å²) in [6, 6.07) is 13.6. The van der Waals surface area contributed by atoms with Crippen molar-refractivity contribution in [2.45, 2.75) is 6.18 Å². The van der Waals surface area contributed by atoms with Crippen LogP contribution in [0.1, 0.15) is 11.1 Å². The fourth-order valence-electron chi connectivity index (χ4n) is 1.69. The molecule has 1 N–H and O–H groups in total. The van der Waals surface area contributed by atoms with E-state index in [2.05, 4.69) is 5.32 Å². The van der Waals surface area contributed by atoms with E-state index in [0.29, 0.717) is 0 Å². The molecule has 0 atom stereocenters. The molecule has 0 saturated heterocycles. The first-order chi connectivity index (χ1) is 9.95. The molecule has 0 aliphatic rings. The summed E-state index contributed by atoms with van der Waals surface area (Å²) in [5.41, 5.74) is 0.136. The van der Waals surface area contributed by atoms with E-state index in [1.807, 2.05) is 30.3 Å². The molecule has 2 aromatic carbocycles. The van der Waals surface area contributed by atoms with Crippen LogP contribution in [0.15, 0.2) is 60.7 Å². The van der Waals surface area contributed by atoms with Crippen LogP contribution in [-0.4, -0.2) is 5.91 Å². The molecule has 0 saturated carbocycles. The Kier molecular flexibility index (Phi) is 4.42. The highest BCUT2D eigenvalue weighted by molar-refractivity contribution is 6.01. The third kappa shape index (κ3) is 4.49. The van der Waals surface area contributed by atoms with Crippen molar-refractivity contribution in [1.29, 1.82) is 0 Å². The van der Waals surface area contributed by atoms with Gasteiger partial charge >= 0.3 is 6.18 Å². The number of rotatable bonds is 3. The standard InChI is InChI=1S/C16H12F3NO/c17-16(18,19)13-7-4-8-14(11-13)20-15(21)10-9-12-5-2-1-3-6-12/h1-11H,(H,20,21)/b10-9+. The van der Waals surface area contributed by atoms with E-state index in [9.17, 15) is 18.0 Å². The molecule has 0 bridgehead atoms. The first-order valence-electron chi connectivity index (χ1n) is 6.16. The van der Waals surface area contributed by atoms with Gasteiger partial charge in [0.2, 0.25) is 5.91 Å². The van der Waals surface area contributed by atoms with Crippen LogP contribution in [0.3, 0.4) is 0 Å². The molecule has 0 unspecified atom stereocenters. The van der Waals surface area contributed by atoms with Crippen molar-refractivity contribution in [3.8, 4) is 0 Å². The average molecular weight is 291 g/mol. The topological polar surface area (TPSA) is 29.1 Å². The molecule has 0 aromatic heterocycles. The molecule has 108 valence electrons. The van der Waals surface area contributed by atoms with Gasteiger partial charge in [0.1, 0.15) is 0 Å². The van der Waals surface area contributed by atoms with Gasteiger partial charge in [0.15, 0.2) is 0 Å². The fraction of sp³-hybridized carbons (Fsp3) is 0.0625. The predicted octanol–water partition coefficient (Wildman–Crippen LogP) is 4.36. The lowest BCUT2D eigenvalue weighted by atomic mass is 10.2. The van der Waals surface area contributed by atoms with Crippen LogP contribution >= 0.6 is 0 Å². The Morgan fingerprint density at radius 3 is 2.38 bits per heavy atom. The Balaban J connectivity index is 2.05. The van der Waals surface area contributed by atoms with Crippen LogP contribution in [0.4, 0.5) is 18.9 Å². The van der Waals surface area contributed by atoms with Gasteiger partial charge in [-0.25, -0.2) is 0 Å². The van der Waals surface area contributed by atoms with Crippen LogP contribution < -0.4 is 5.32 Å². The Morgan fingerprint density at radius 1 is 1.00 bits per heavy atom. The van der Waals surface area contributed by atoms with Crippen LogP contribution in [0.5, 0.6) is 0 Å². The average Bonchev–Trinajstić information content (AvgIpc) is 2.46. The molecule has 1 amide bonds. The molecule has 0 radical (unpaired) electrons. The van der Waals surface area contributed by atoms with Crippen molar-refractivity contribution in [2.75, 3.05) is 5.32 Å². The third-order valence-corrected chi connectivity index (χ3v) is 2.68. The van der Waals surface area contributed by atoms with Crippen LogP contribution in [-0.2, 0) is 11.0 Å². The third-order valence-electron chi connectivity index (χ3n) is 2.68. The van der Waals surface area contributed by atoms with Gasteiger partial charge in [-0.1, -0.05) is 36.4 Å². The van der Waals surface area contributed by atoms with Gasteiger partial charge in [0.25, 0.3) is 0 Å². The minimum atomic E-state index is -4.43. The molecule has 2 aromatic rings. The van der Waals surface area contributed by atoms with Gasteiger partial charge in [-0.15, -0.1) is 0 Å². The van der Waals surface area contributed by atoms with Gasteiger partial charge in [0.05, 0.1) is 5.56 Å². The number of nitrogens with one attached hydrogen (secondary N) is 1. The molecule has 2 rings (SSSR count). The first kappa shape index (κ1) is 14.8. The van der Waals surface area contributed by atoms with Crippen molar-refractivity contribution in [2.24, 2.45) is 0 Å². The summed E-state index contributed by atoms with van der Waals surface area (Å²) >= 11 is 0. The zero-order valence-electron chi connectivity index (χ0n) is 10.9. The smallest absolute Gasteiger partial charge is 0.322 e. The monoisotopic (exact) mass is 291 g/mol. The molecule has 21 heavy (non-hydrogen) atoms. The van der Waals surface area contributed by atoms with E-state index in [4.69, 9.17) is 0 Å². The summed E-state index contributed by atoms with van der Waals surface area (Å²) in [5, 5.41) is 2.40. The molecule has 0 spiro atoms. The zero-order valence-corrected chi connectivity index (χ0v) is 10.9. The number of carbonyl (C=O) groups is 1. The van der Waals surface area contributed by atoms with Crippen molar-refractivity contribution < 1.29 is 18.0 Å². The van der Waals surface area contributed by atoms with Crippen LogP contribution in [0.2, 0.25) is 0 Å². The lowest BCUT2D eigenvalue weighted by Crippen LogP contribution is -2.10. The highest BCUT2D eigenvalue weighted by Gasteiger charge is 2.30. The SMILES string of the molecule is O=C(/C=C/c1ccccc1)Nc1cccc(C(F)(F)F)c1. The van der Waals surface area contributed by atoms with Gasteiger partial charge in [-0.05, 0) is 29.8 Å². The lowest BCUT2D eigenvalue weighted by Gasteiger charge is -2.08. The summed E-state index contributed by atoms with van der Waals surface area (Å²) in [6.07, 6.45) is -1.57. The van der Waals surface area contributed by atoms with Crippen molar-refractivity contribution >= 4 is 17.7 Å². The van der Waals surface area contributed by atoms with Crippen LogP contribution in [0, 0.1) is 0 Å². The molecular weight excluding hydrogens is 279 g/mol. The molecule has 0 aliphatic carbocycles. The van der Waals surface area contributed by atoms with E-state index in [0.717, 1.165) is 17.7 Å². The number of alkyl halides is 3. The quantitative estimate of drug-likeness (QED) is 0.836. The summed E-state index contributed by atoms with van der Waals surface area (Å²) < 4.78 is 37.6. The maximum absolute atomic E-state index is 12.5. The Hall–Kier alpha value is -2.56. The molecule has 0 aliphatic heterocycles. The lowest BCUT2D eigenvalue weighted by molar-refractivity contribution is -0.137. The van der Waals surface area contributed by atoms with Crippen molar-refractivity contribution in [3.63, 3.8) is 0 Å². The second-order valence-corrected chi connectivity index (χ2v) is 4.31. The Morgan fingerprint density at radius 2 is 1.71 bits per heavy atom. The van der Waals surface area contributed by atoms with E-state index in [1.54, 1.807) is 6.08 Å². The molecule has 0 fully saturated rings. The van der Waals surface area contributed by atoms with Crippen molar-refractivity contribution in [1.82, 2.24) is 0 Å². The maximum atomic E-state index is 12.5. The number of benzene rings is 2. The van der Waals surface area contributed by atoms with Gasteiger partial charge < -0.3 is 5.32 Å². The van der Waals surface area contributed by atoms with Gasteiger partial charge in [-0.2, -0.15) is 13.2 Å².